The highest BCUT2D eigenvalue weighted by Gasteiger charge is 2.26. The van der Waals surface area contributed by atoms with E-state index in [1.54, 1.807) is 11.8 Å². The topological polar surface area (TPSA) is 55.1 Å². The summed E-state index contributed by atoms with van der Waals surface area (Å²) in [6.45, 7) is 7.68. The second-order valence-corrected chi connectivity index (χ2v) is 5.70. The molecule has 3 nitrogen and oxygen atoms in total. The molecule has 1 rings (SSSR count). The minimum absolute atomic E-state index is 0.0587. The van der Waals surface area contributed by atoms with Crippen molar-refractivity contribution in [3.8, 4) is 0 Å². The van der Waals surface area contributed by atoms with Crippen LogP contribution < -0.4 is 11.1 Å². The number of nitrogens with one attached hydrogen (secondary N) is 1. The summed E-state index contributed by atoms with van der Waals surface area (Å²) in [6.07, 6.45) is 1.84. The average molecular weight is 264 g/mol. The fraction of sp³-hybridized carbons (Fsp3) is 0.357. The molecule has 1 aromatic rings. The van der Waals surface area contributed by atoms with Gasteiger partial charge in [0.25, 0.3) is 0 Å². The molecule has 0 atom stereocenters. The monoisotopic (exact) mass is 264 g/mol. The Bertz CT molecular complexity index is 430. The van der Waals surface area contributed by atoms with Gasteiger partial charge >= 0.3 is 0 Å². The Kier molecular flexibility index (Phi) is 5.44. The Morgan fingerprint density at radius 2 is 2.17 bits per heavy atom. The van der Waals surface area contributed by atoms with Crippen molar-refractivity contribution in [1.29, 1.82) is 0 Å². The molecule has 0 aliphatic heterocycles. The van der Waals surface area contributed by atoms with Crippen LogP contribution in [-0.2, 0) is 4.79 Å². The normalized spacial score (nSPS) is 11.1. The highest BCUT2D eigenvalue weighted by molar-refractivity contribution is 7.99. The molecule has 0 radical (unpaired) electrons. The summed E-state index contributed by atoms with van der Waals surface area (Å²) < 4.78 is 0. The summed E-state index contributed by atoms with van der Waals surface area (Å²) in [5, 5.41) is 2.94. The number of benzene rings is 1. The maximum atomic E-state index is 12.1. The van der Waals surface area contributed by atoms with Crippen LogP contribution >= 0.6 is 11.8 Å². The van der Waals surface area contributed by atoms with E-state index in [1.807, 2.05) is 44.2 Å². The van der Waals surface area contributed by atoms with E-state index in [4.69, 9.17) is 5.73 Å². The number of carbonyl (C=O) groups is 1. The number of nitrogens with two attached hydrogens (primary N) is 1. The number of hydrogen-bond donors (Lipinski definition) is 2. The number of rotatable bonds is 6. The molecule has 0 heterocycles. The number of para-hydroxylation sites is 1. The van der Waals surface area contributed by atoms with Crippen molar-refractivity contribution in [2.24, 2.45) is 11.1 Å². The van der Waals surface area contributed by atoms with Gasteiger partial charge in [-0.2, -0.15) is 0 Å². The molecule has 1 amide bonds. The third-order valence-corrected chi connectivity index (χ3v) is 3.69. The lowest BCUT2D eigenvalue weighted by Gasteiger charge is -2.22. The first-order valence-corrected chi connectivity index (χ1v) is 6.84. The first-order chi connectivity index (χ1) is 8.51. The van der Waals surface area contributed by atoms with Gasteiger partial charge in [-0.15, -0.1) is 18.3 Å². The molecular formula is C14H20N2OS. The maximum absolute atomic E-state index is 12.1. The van der Waals surface area contributed by atoms with E-state index in [0.717, 1.165) is 16.3 Å². The fourth-order valence-corrected chi connectivity index (χ4v) is 1.98. The lowest BCUT2D eigenvalue weighted by molar-refractivity contribution is -0.123. The average Bonchev–Trinajstić information content (AvgIpc) is 2.37. The van der Waals surface area contributed by atoms with Crippen molar-refractivity contribution in [1.82, 2.24) is 0 Å². The summed E-state index contributed by atoms with van der Waals surface area (Å²) in [4.78, 5) is 13.1. The summed E-state index contributed by atoms with van der Waals surface area (Å²) in [7, 11) is 0. The molecule has 0 aromatic heterocycles. The van der Waals surface area contributed by atoms with Crippen molar-refractivity contribution in [2.75, 3.05) is 17.6 Å². The molecular weight excluding hydrogens is 244 g/mol. The predicted molar refractivity (Wildman–Crippen MR) is 78.8 cm³/mol. The Hall–Kier alpha value is -1.26. The molecule has 0 aliphatic rings. The lowest BCUT2D eigenvalue weighted by atomic mass is 9.92. The molecule has 0 bridgehead atoms. The van der Waals surface area contributed by atoms with Crippen molar-refractivity contribution in [3.05, 3.63) is 36.9 Å². The summed E-state index contributed by atoms with van der Waals surface area (Å²) in [5.41, 5.74) is 5.87. The van der Waals surface area contributed by atoms with E-state index in [-0.39, 0.29) is 5.91 Å². The SMILES string of the molecule is C=CCSc1ccccc1NC(=O)C(C)(C)CN. The number of hydrogen-bond acceptors (Lipinski definition) is 3. The van der Waals surface area contributed by atoms with Gasteiger partial charge in [-0.25, -0.2) is 0 Å². The Labute approximate surface area is 113 Å². The quantitative estimate of drug-likeness (QED) is 0.613. The largest absolute Gasteiger partial charge is 0.329 e. The molecule has 0 fully saturated rings. The Morgan fingerprint density at radius 1 is 1.50 bits per heavy atom. The van der Waals surface area contributed by atoms with Gasteiger partial charge in [-0.1, -0.05) is 18.2 Å². The third-order valence-electron chi connectivity index (χ3n) is 2.62. The zero-order valence-electron chi connectivity index (χ0n) is 10.9. The summed E-state index contributed by atoms with van der Waals surface area (Å²) in [6, 6.07) is 7.74. The molecule has 1 aromatic carbocycles. The van der Waals surface area contributed by atoms with Crippen molar-refractivity contribution in [2.45, 2.75) is 18.7 Å². The minimum atomic E-state index is -0.559. The van der Waals surface area contributed by atoms with E-state index < -0.39 is 5.41 Å². The number of carbonyl (C=O) groups excluding carboxylic acids is 1. The van der Waals surface area contributed by atoms with Crippen LogP contribution in [0.4, 0.5) is 5.69 Å². The number of anilines is 1. The molecule has 0 unspecified atom stereocenters. The Morgan fingerprint density at radius 3 is 2.78 bits per heavy atom. The van der Waals surface area contributed by atoms with Crippen molar-refractivity contribution >= 4 is 23.4 Å². The van der Waals surface area contributed by atoms with E-state index in [0.29, 0.717) is 6.54 Å². The van der Waals surface area contributed by atoms with Crippen LogP contribution in [0.25, 0.3) is 0 Å². The van der Waals surface area contributed by atoms with Crippen molar-refractivity contribution < 1.29 is 4.79 Å². The highest BCUT2D eigenvalue weighted by atomic mass is 32.2. The maximum Gasteiger partial charge on any atom is 0.231 e. The smallest absolute Gasteiger partial charge is 0.231 e. The van der Waals surface area contributed by atoms with Gasteiger partial charge in [0, 0.05) is 17.2 Å². The Balaban J connectivity index is 2.84. The zero-order valence-corrected chi connectivity index (χ0v) is 11.7. The molecule has 18 heavy (non-hydrogen) atoms. The lowest BCUT2D eigenvalue weighted by Crippen LogP contribution is -2.37. The van der Waals surface area contributed by atoms with Crippen LogP contribution in [-0.4, -0.2) is 18.2 Å². The second kappa shape index (κ2) is 6.61. The highest BCUT2D eigenvalue weighted by Crippen LogP contribution is 2.28. The van der Waals surface area contributed by atoms with Gasteiger partial charge in [0.15, 0.2) is 0 Å². The van der Waals surface area contributed by atoms with Gasteiger partial charge in [0.2, 0.25) is 5.91 Å². The van der Waals surface area contributed by atoms with Crippen molar-refractivity contribution in [3.63, 3.8) is 0 Å². The van der Waals surface area contributed by atoms with Crippen LogP contribution in [0.1, 0.15) is 13.8 Å². The molecule has 0 saturated heterocycles. The standard InChI is InChI=1S/C14H20N2OS/c1-4-9-18-12-8-6-5-7-11(12)16-13(17)14(2,3)10-15/h4-8H,1,9-10,15H2,2-3H3,(H,16,17). The number of thioether (sulfide) groups is 1. The van der Waals surface area contributed by atoms with Crippen LogP contribution in [0.5, 0.6) is 0 Å². The zero-order chi connectivity index (χ0) is 13.6. The first kappa shape index (κ1) is 14.8. The van der Waals surface area contributed by atoms with Crippen LogP contribution in [0, 0.1) is 5.41 Å². The van der Waals surface area contributed by atoms with Gasteiger partial charge < -0.3 is 11.1 Å². The number of amides is 1. The fourth-order valence-electron chi connectivity index (χ4n) is 1.23. The van der Waals surface area contributed by atoms with Crippen LogP contribution in [0.3, 0.4) is 0 Å². The first-order valence-electron chi connectivity index (χ1n) is 5.85. The van der Waals surface area contributed by atoms with E-state index >= 15 is 0 Å². The van der Waals surface area contributed by atoms with Gasteiger partial charge in [-0.05, 0) is 26.0 Å². The van der Waals surface area contributed by atoms with Crippen LogP contribution in [0.2, 0.25) is 0 Å². The molecule has 98 valence electrons. The second-order valence-electron chi connectivity index (χ2n) is 4.64. The third kappa shape index (κ3) is 3.89. The van der Waals surface area contributed by atoms with Gasteiger partial charge in [-0.3, -0.25) is 4.79 Å². The molecule has 3 N–H and O–H groups in total. The molecule has 0 saturated carbocycles. The minimum Gasteiger partial charge on any atom is -0.329 e. The van der Waals surface area contributed by atoms with E-state index in [2.05, 4.69) is 11.9 Å². The van der Waals surface area contributed by atoms with Gasteiger partial charge in [0.1, 0.15) is 0 Å². The van der Waals surface area contributed by atoms with E-state index in [1.165, 1.54) is 0 Å². The summed E-state index contributed by atoms with van der Waals surface area (Å²) >= 11 is 1.64. The predicted octanol–water partition coefficient (Wildman–Crippen LogP) is 2.89. The van der Waals surface area contributed by atoms with Gasteiger partial charge in [0.05, 0.1) is 11.1 Å². The molecule has 4 heteroatoms. The summed E-state index contributed by atoms with van der Waals surface area (Å²) in [5.74, 6) is 0.754. The molecule has 0 aliphatic carbocycles. The molecule has 0 spiro atoms. The van der Waals surface area contributed by atoms with E-state index in [9.17, 15) is 4.79 Å². The van der Waals surface area contributed by atoms with Crippen LogP contribution in [0.15, 0.2) is 41.8 Å².